The highest BCUT2D eigenvalue weighted by Crippen LogP contribution is 2.11. The second kappa shape index (κ2) is 4.88. The fraction of sp³-hybridized carbons (Fsp3) is 0.0833. The van der Waals surface area contributed by atoms with Gasteiger partial charge in [0, 0.05) is 24.5 Å². The van der Waals surface area contributed by atoms with Crippen LogP contribution in [0.4, 0.5) is 0 Å². The van der Waals surface area contributed by atoms with Crippen molar-refractivity contribution in [3.05, 3.63) is 41.5 Å². The predicted octanol–water partition coefficient (Wildman–Crippen LogP) is 1.88. The van der Waals surface area contributed by atoms with Gasteiger partial charge < -0.3 is 10.7 Å². The Hall–Kier alpha value is -2.01. The molecule has 0 bridgehead atoms. The highest BCUT2D eigenvalue weighted by molar-refractivity contribution is 5.82. The van der Waals surface area contributed by atoms with Crippen LogP contribution in [0.25, 0.3) is 5.70 Å². The molecule has 2 nitrogen and oxygen atoms in total. The minimum absolute atomic E-state index is 0.860. The third kappa shape index (κ3) is 2.24. The fourth-order valence-electron chi connectivity index (χ4n) is 1.15. The molecule has 14 heavy (non-hydrogen) atoms. The molecule has 0 saturated carbocycles. The third-order valence-electron chi connectivity index (χ3n) is 1.88. The normalized spacial score (nSPS) is 10.4. The molecule has 0 spiro atoms. The van der Waals surface area contributed by atoms with Crippen molar-refractivity contribution >= 4 is 11.9 Å². The molecule has 70 valence electrons. The molecule has 0 saturated heterocycles. The molecule has 0 radical (unpaired) electrons. The van der Waals surface area contributed by atoms with Gasteiger partial charge in [0.05, 0.1) is 0 Å². The quantitative estimate of drug-likeness (QED) is 0.546. The summed E-state index contributed by atoms with van der Waals surface area (Å²) >= 11 is 0. The van der Waals surface area contributed by atoms with Crippen LogP contribution in [0.3, 0.4) is 0 Å². The van der Waals surface area contributed by atoms with E-state index in [9.17, 15) is 0 Å². The Morgan fingerprint density at radius 3 is 2.50 bits per heavy atom. The van der Waals surface area contributed by atoms with Crippen LogP contribution in [-0.4, -0.2) is 13.3 Å². The van der Waals surface area contributed by atoms with Crippen LogP contribution in [0, 0.1) is 17.8 Å². The van der Waals surface area contributed by atoms with Gasteiger partial charge in [0.15, 0.2) is 0 Å². The number of allylic oxidation sites excluding steroid dienone is 1. The summed E-state index contributed by atoms with van der Waals surface area (Å²) in [6, 6.07) is 7.62. The molecule has 2 heteroatoms. The number of rotatable bonds is 3. The van der Waals surface area contributed by atoms with Crippen molar-refractivity contribution in [3.8, 4) is 12.3 Å². The van der Waals surface area contributed by atoms with E-state index in [0.29, 0.717) is 0 Å². The summed E-state index contributed by atoms with van der Waals surface area (Å²) in [5, 5.41) is 10.0. The van der Waals surface area contributed by atoms with E-state index in [4.69, 9.17) is 11.8 Å². The van der Waals surface area contributed by atoms with E-state index in [2.05, 4.69) is 11.2 Å². The molecule has 1 aromatic rings. The molecule has 0 fully saturated rings. The van der Waals surface area contributed by atoms with Crippen molar-refractivity contribution in [2.24, 2.45) is 0 Å². The summed E-state index contributed by atoms with van der Waals surface area (Å²) in [7, 11) is 1.82. The van der Waals surface area contributed by atoms with Gasteiger partial charge in [-0.25, -0.2) is 0 Å². The van der Waals surface area contributed by atoms with Crippen molar-refractivity contribution in [2.75, 3.05) is 7.05 Å². The zero-order valence-corrected chi connectivity index (χ0v) is 8.04. The van der Waals surface area contributed by atoms with Crippen molar-refractivity contribution in [1.29, 1.82) is 5.41 Å². The van der Waals surface area contributed by atoms with Gasteiger partial charge in [0.1, 0.15) is 0 Å². The average molecular weight is 184 g/mol. The molecular weight excluding hydrogens is 172 g/mol. The second-order valence-corrected chi connectivity index (χ2v) is 2.72. The van der Waals surface area contributed by atoms with Crippen molar-refractivity contribution < 1.29 is 0 Å². The van der Waals surface area contributed by atoms with E-state index in [1.807, 2.05) is 31.3 Å². The van der Waals surface area contributed by atoms with Crippen LogP contribution in [0.1, 0.15) is 11.1 Å². The van der Waals surface area contributed by atoms with Crippen molar-refractivity contribution in [2.45, 2.75) is 0 Å². The van der Waals surface area contributed by atoms with Crippen molar-refractivity contribution in [3.63, 3.8) is 0 Å². The molecule has 0 unspecified atom stereocenters. The first-order valence-electron chi connectivity index (χ1n) is 4.27. The summed E-state index contributed by atoms with van der Waals surface area (Å²) in [6.45, 7) is 0. The van der Waals surface area contributed by atoms with Gasteiger partial charge in [-0.2, -0.15) is 0 Å². The molecule has 0 aliphatic heterocycles. The van der Waals surface area contributed by atoms with Crippen LogP contribution >= 0.6 is 0 Å². The average Bonchev–Trinajstić information content (AvgIpc) is 2.26. The lowest BCUT2D eigenvalue weighted by Gasteiger charge is -2.05. The lowest BCUT2D eigenvalue weighted by atomic mass is 10.1. The predicted molar refractivity (Wildman–Crippen MR) is 60.2 cm³/mol. The molecular formula is C12H12N2. The maximum atomic E-state index is 6.99. The molecule has 0 heterocycles. The van der Waals surface area contributed by atoms with Crippen LogP contribution in [-0.2, 0) is 0 Å². The van der Waals surface area contributed by atoms with Gasteiger partial charge in [-0.3, -0.25) is 0 Å². The van der Waals surface area contributed by atoms with Crippen LogP contribution in [0.5, 0.6) is 0 Å². The summed E-state index contributed by atoms with van der Waals surface area (Å²) in [4.78, 5) is 0. The lowest BCUT2D eigenvalue weighted by Crippen LogP contribution is -2.04. The fourth-order valence-corrected chi connectivity index (χ4v) is 1.15. The lowest BCUT2D eigenvalue weighted by molar-refractivity contribution is 1.13. The van der Waals surface area contributed by atoms with E-state index in [0.717, 1.165) is 16.8 Å². The molecule has 0 aliphatic carbocycles. The van der Waals surface area contributed by atoms with E-state index >= 15 is 0 Å². The van der Waals surface area contributed by atoms with Crippen LogP contribution in [0.2, 0.25) is 0 Å². The number of hydrogen-bond donors (Lipinski definition) is 2. The standard InChI is InChI=1S/C12H12N2/c1-3-10-4-6-11(7-5-10)12(14-2)8-9-13/h1,4-9,13-14H,2H3/b12-8-,13-9?. The number of terminal acetylenes is 1. The number of benzene rings is 1. The van der Waals surface area contributed by atoms with E-state index in [-0.39, 0.29) is 0 Å². The Morgan fingerprint density at radius 2 is 2.07 bits per heavy atom. The molecule has 0 atom stereocenters. The largest absolute Gasteiger partial charge is 0.388 e. The van der Waals surface area contributed by atoms with E-state index in [1.54, 1.807) is 6.08 Å². The van der Waals surface area contributed by atoms with Crippen molar-refractivity contribution in [1.82, 2.24) is 5.32 Å². The number of nitrogens with one attached hydrogen (secondary N) is 2. The smallest absolute Gasteiger partial charge is 0.0426 e. The Kier molecular flexibility index (Phi) is 3.51. The minimum Gasteiger partial charge on any atom is -0.388 e. The molecule has 0 aliphatic rings. The number of hydrogen-bond acceptors (Lipinski definition) is 2. The van der Waals surface area contributed by atoms with Crippen LogP contribution < -0.4 is 5.32 Å². The van der Waals surface area contributed by atoms with E-state index < -0.39 is 0 Å². The molecule has 0 aromatic heterocycles. The summed E-state index contributed by atoms with van der Waals surface area (Å²) in [6.07, 6.45) is 8.20. The topological polar surface area (TPSA) is 35.9 Å². The van der Waals surface area contributed by atoms with Gasteiger partial charge >= 0.3 is 0 Å². The Balaban J connectivity index is 3.02. The maximum Gasteiger partial charge on any atom is 0.0426 e. The van der Waals surface area contributed by atoms with Crippen LogP contribution in [0.15, 0.2) is 30.3 Å². The summed E-state index contributed by atoms with van der Waals surface area (Å²) in [5.41, 5.74) is 2.79. The highest BCUT2D eigenvalue weighted by Gasteiger charge is 1.96. The zero-order chi connectivity index (χ0) is 10.4. The maximum absolute atomic E-state index is 6.99. The summed E-state index contributed by atoms with van der Waals surface area (Å²) < 4.78 is 0. The van der Waals surface area contributed by atoms with Gasteiger partial charge in [0.25, 0.3) is 0 Å². The van der Waals surface area contributed by atoms with Gasteiger partial charge in [-0.05, 0) is 23.8 Å². The Morgan fingerprint density at radius 1 is 1.43 bits per heavy atom. The summed E-state index contributed by atoms with van der Waals surface area (Å²) in [5.74, 6) is 2.56. The first kappa shape index (κ1) is 10.1. The molecule has 2 N–H and O–H groups in total. The van der Waals surface area contributed by atoms with Gasteiger partial charge in [-0.15, -0.1) is 6.42 Å². The van der Waals surface area contributed by atoms with Gasteiger partial charge in [0.2, 0.25) is 0 Å². The highest BCUT2D eigenvalue weighted by atomic mass is 14.8. The molecule has 0 amide bonds. The first-order valence-corrected chi connectivity index (χ1v) is 4.27. The zero-order valence-electron chi connectivity index (χ0n) is 8.04. The van der Waals surface area contributed by atoms with E-state index in [1.165, 1.54) is 6.21 Å². The Bertz CT molecular complexity index is 380. The molecule has 1 rings (SSSR count). The minimum atomic E-state index is 0.860. The molecule has 1 aromatic carbocycles. The monoisotopic (exact) mass is 184 g/mol. The first-order chi connectivity index (χ1) is 6.81. The Labute approximate surface area is 84.2 Å². The van der Waals surface area contributed by atoms with Gasteiger partial charge in [-0.1, -0.05) is 18.1 Å². The second-order valence-electron chi connectivity index (χ2n) is 2.72. The third-order valence-corrected chi connectivity index (χ3v) is 1.88. The SMILES string of the molecule is C#Cc1ccc(/C(=C/C=N)NC)cc1.